The molecule has 3 aliphatic rings. The molecular formula is C25H27N3O5S. The Hall–Kier alpha value is -2.69. The van der Waals surface area contributed by atoms with Crippen molar-refractivity contribution in [3.63, 3.8) is 0 Å². The first-order valence-electron chi connectivity index (χ1n) is 11.5. The van der Waals surface area contributed by atoms with Crippen molar-refractivity contribution in [2.75, 3.05) is 32.8 Å². The van der Waals surface area contributed by atoms with Crippen molar-refractivity contribution in [1.82, 2.24) is 14.7 Å². The molecule has 2 fully saturated rings. The zero-order valence-corrected chi connectivity index (χ0v) is 19.5. The Kier molecular flexibility index (Phi) is 5.09. The number of carboxylic acid groups (broad SMARTS) is 1. The summed E-state index contributed by atoms with van der Waals surface area (Å²) in [5.41, 5.74) is 3.66. The predicted octanol–water partition coefficient (Wildman–Crippen LogP) is 4.22. The van der Waals surface area contributed by atoms with Gasteiger partial charge in [0, 0.05) is 36.2 Å². The molecule has 1 aliphatic carbocycles. The quantitative estimate of drug-likeness (QED) is 0.501. The number of aromatic carboxylic acids is 1. The summed E-state index contributed by atoms with van der Waals surface area (Å²) in [4.78, 5) is 14.9. The van der Waals surface area contributed by atoms with E-state index in [1.54, 1.807) is 22.9 Å². The van der Waals surface area contributed by atoms with Crippen molar-refractivity contribution < 1.29 is 23.7 Å². The van der Waals surface area contributed by atoms with Crippen molar-refractivity contribution in [3.8, 4) is 16.9 Å². The zero-order chi connectivity index (χ0) is 23.5. The van der Waals surface area contributed by atoms with Gasteiger partial charge >= 0.3 is 5.97 Å². The fraction of sp³-hybridized carbons (Fsp3) is 0.360. The number of rotatable bonds is 5. The van der Waals surface area contributed by atoms with Crippen LogP contribution in [0.2, 0.25) is 0 Å². The standard InChI is InChI=1S/C25H27N3O5S/c29-24(30)22-20-15-34(31,32)21-4-2-1-3-19(21)23(20)28(26-22)18-7-5-17(6-8-18)25(9-10-25)16-27-11-13-33-14-12-27/h1-8,31-32H,9-16H2,(H,29,30). The Morgan fingerprint density at radius 3 is 2.44 bits per heavy atom. The first-order valence-corrected chi connectivity index (χ1v) is 13.2. The predicted molar refractivity (Wildman–Crippen MR) is 129 cm³/mol. The summed E-state index contributed by atoms with van der Waals surface area (Å²) in [5, 5.41) is 14.2. The molecule has 0 atom stereocenters. The SMILES string of the molecule is O=C(O)c1nn(-c2ccc(C3(CN4CCOCC4)CC3)cc2)c2c1CS(O)(O)c1ccccc1-2. The number of hydrogen-bond acceptors (Lipinski definition) is 6. The third-order valence-corrected chi connectivity index (χ3v) is 8.99. The summed E-state index contributed by atoms with van der Waals surface area (Å²) in [6, 6.07) is 15.3. The van der Waals surface area contributed by atoms with E-state index >= 15 is 0 Å². The lowest BCUT2D eigenvalue weighted by Crippen LogP contribution is -2.41. The molecule has 0 bridgehead atoms. The molecule has 6 rings (SSSR count). The van der Waals surface area contributed by atoms with Gasteiger partial charge in [-0.1, -0.05) is 30.3 Å². The van der Waals surface area contributed by atoms with E-state index in [0.29, 0.717) is 21.7 Å². The summed E-state index contributed by atoms with van der Waals surface area (Å²) in [5.74, 6) is -1.33. The molecule has 0 spiro atoms. The topological polar surface area (TPSA) is 108 Å². The molecule has 3 heterocycles. The van der Waals surface area contributed by atoms with E-state index in [-0.39, 0.29) is 16.9 Å². The van der Waals surface area contributed by atoms with Crippen LogP contribution in [0.15, 0.2) is 53.4 Å². The lowest BCUT2D eigenvalue weighted by molar-refractivity contribution is 0.0336. The summed E-state index contributed by atoms with van der Waals surface area (Å²) in [6.45, 7) is 4.54. The first kappa shape index (κ1) is 21.8. The molecule has 178 valence electrons. The number of aromatic nitrogens is 2. The summed E-state index contributed by atoms with van der Waals surface area (Å²) < 4.78 is 28.6. The third kappa shape index (κ3) is 3.55. The monoisotopic (exact) mass is 481 g/mol. The smallest absolute Gasteiger partial charge is 0.356 e. The Balaban J connectivity index is 1.38. The van der Waals surface area contributed by atoms with Crippen molar-refractivity contribution in [1.29, 1.82) is 0 Å². The van der Waals surface area contributed by atoms with Crippen LogP contribution in [0.25, 0.3) is 16.9 Å². The van der Waals surface area contributed by atoms with Crippen LogP contribution in [-0.2, 0) is 15.9 Å². The molecule has 3 N–H and O–H groups in total. The van der Waals surface area contributed by atoms with Crippen molar-refractivity contribution >= 4 is 16.6 Å². The van der Waals surface area contributed by atoms with Gasteiger partial charge in [-0.05, 0) is 36.6 Å². The number of benzene rings is 2. The van der Waals surface area contributed by atoms with Gasteiger partial charge in [-0.15, -0.1) is 0 Å². The van der Waals surface area contributed by atoms with Gasteiger partial charge < -0.3 is 9.84 Å². The highest BCUT2D eigenvalue weighted by atomic mass is 32.3. The second-order valence-electron chi connectivity index (χ2n) is 9.42. The van der Waals surface area contributed by atoms with Gasteiger partial charge in [-0.3, -0.25) is 14.0 Å². The Morgan fingerprint density at radius 1 is 1.06 bits per heavy atom. The molecule has 9 heteroatoms. The van der Waals surface area contributed by atoms with Crippen molar-refractivity contribution in [3.05, 3.63) is 65.4 Å². The number of hydrogen-bond donors (Lipinski definition) is 3. The van der Waals surface area contributed by atoms with Crippen LogP contribution in [0.1, 0.15) is 34.5 Å². The molecule has 2 aliphatic heterocycles. The van der Waals surface area contributed by atoms with E-state index in [0.717, 1.165) is 51.4 Å². The average molecular weight is 482 g/mol. The minimum atomic E-state index is -3.14. The van der Waals surface area contributed by atoms with Gasteiger partial charge in [-0.2, -0.15) is 15.7 Å². The zero-order valence-electron chi connectivity index (χ0n) is 18.7. The first-order chi connectivity index (χ1) is 16.4. The maximum absolute atomic E-state index is 12.0. The molecule has 0 amide bonds. The van der Waals surface area contributed by atoms with E-state index in [2.05, 4.69) is 22.1 Å². The third-order valence-electron chi connectivity index (χ3n) is 7.23. The highest BCUT2D eigenvalue weighted by Crippen LogP contribution is 2.60. The van der Waals surface area contributed by atoms with E-state index in [1.165, 1.54) is 5.56 Å². The Labute approximate surface area is 199 Å². The van der Waals surface area contributed by atoms with Gasteiger partial charge in [0.05, 0.1) is 35.2 Å². The van der Waals surface area contributed by atoms with E-state index in [1.807, 2.05) is 18.2 Å². The van der Waals surface area contributed by atoms with Crippen LogP contribution in [0.3, 0.4) is 0 Å². The summed E-state index contributed by atoms with van der Waals surface area (Å²) in [6.07, 6.45) is 2.32. The summed E-state index contributed by atoms with van der Waals surface area (Å²) in [7, 11) is -3.14. The number of carboxylic acids is 1. The van der Waals surface area contributed by atoms with Gasteiger partial charge in [-0.25, -0.2) is 9.48 Å². The molecular weight excluding hydrogens is 454 g/mol. The van der Waals surface area contributed by atoms with Crippen LogP contribution in [0, 0.1) is 0 Å². The van der Waals surface area contributed by atoms with Crippen LogP contribution in [0.4, 0.5) is 0 Å². The number of carbonyl (C=O) groups is 1. The molecule has 1 saturated carbocycles. The van der Waals surface area contributed by atoms with Crippen LogP contribution < -0.4 is 0 Å². The normalized spacial score (nSPS) is 21.4. The second kappa shape index (κ2) is 7.93. The number of ether oxygens (including phenoxy) is 1. The molecule has 0 unspecified atom stereocenters. The minimum Gasteiger partial charge on any atom is -0.476 e. The molecule has 3 aromatic rings. The maximum Gasteiger partial charge on any atom is 0.356 e. The average Bonchev–Trinajstić information content (AvgIpc) is 3.51. The molecule has 34 heavy (non-hydrogen) atoms. The maximum atomic E-state index is 12.0. The van der Waals surface area contributed by atoms with Gasteiger partial charge in [0.1, 0.15) is 0 Å². The highest BCUT2D eigenvalue weighted by molar-refractivity contribution is 8.23. The number of fused-ring (bicyclic) bond motifs is 3. The molecule has 1 saturated heterocycles. The molecule has 2 aromatic carbocycles. The Bertz CT molecular complexity index is 1260. The Morgan fingerprint density at radius 2 is 1.76 bits per heavy atom. The van der Waals surface area contributed by atoms with Crippen LogP contribution >= 0.6 is 10.6 Å². The van der Waals surface area contributed by atoms with E-state index < -0.39 is 16.6 Å². The fourth-order valence-corrected chi connectivity index (χ4v) is 6.93. The van der Waals surface area contributed by atoms with Crippen LogP contribution in [-0.4, -0.2) is 67.7 Å². The number of morpholine rings is 1. The van der Waals surface area contributed by atoms with Gasteiger partial charge in [0.25, 0.3) is 0 Å². The van der Waals surface area contributed by atoms with Crippen molar-refractivity contribution in [2.45, 2.75) is 28.9 Å². The minimum absolute atomic E-state index is 0.139. The fourth-order valence-electron chi connectivity index (χ4n) is 5.28. The molecule has 0 radical (unpaired) electrons. The van der Waals surface area contributed by atoms with Crippen LogP contribution in [0.5, 0.6) is 0 Å². The van der Waals surface area contributed by atoms with E-state index in [4.69, 9.17) is 4.74 Å². The largest absolute Gasteiger partial charge is 0.476 e. The van der Waals surface area contributed by atoms with E-state index in [9.17, 15) is 19.0 Å². The lowest BCUT2D eigenvalue weighted by Gasteiger charge is -2.37. The van der Waals surface area contributed by atoms with Gasteiger partial charge in [0.15, 0.2) is 5.69 Å². The van der Waals surface area contributed by atoms with Gasteiger partial charge in [0.2, 0.25) is 0 Å². The highest BCUT2D eigenvalue weighted by Gasteiger charge is 2.45. The van der Waals surface area contributed by atoms with Crippen molar-refractivity contribution in [2.24, 2.45) is 0 Å². The lowest BCUT2D eigenvalue weighted by atomic mass is 9.94. The molecule has 8 nitrogen and oxygen atoms in total. The molecule has 1 aromatic heterocycles. The number of nitrogens with zero attached hydrogens (tertiary/aromatic N) is 3. The second-order valence-corrected chi connectivity index (χ2v) is 11.5. The summed E-state index contributed by atoms with van der Waals surface area (Å²) >= 11 is 0.